The van der Waals surface area contributed by atoms with E-state index in [0.29, 0.717) is 12.2 Å². The summed E-state index contributed by atoms with van der Waals surface area (Å²) in [5.74, 6) is -1.93. The standard InChI is InChI=1S/C19H21F2N3O/c20-17-8-5-15(13-18(17)21)22-10-9-19(25)23-14-3-6-16(7-4-14)24-11-1-2-12-24/h3-8,13,22H,1-2,9-12H2,(H,23,25). The molecular weight excluding hydrogens is 324 g/mol. The highest BCUT2D eigenvalue weighted by atomic mass is 19.2. The Hall–Kier alpha value is -2.63. The first-order valence-corrected chi connectivity index (χ1v) is 8.45. The molecule has 0 saturated carbocycles. The Kier molecular flexibility index (Phi) is 5.48. The van der Waals surface area contributed by atoms with Gasteiger partial charge in [0.25, 0.3) is 0 Å². The van der Waals surface area contributed by atoms with Gasteiger partial charge in [0, 0.05) is 43.1 Å². The normalized spacial score (nSPS) is 13.8. The van der Waals surface area contributed by atoms with Crippen molar-refractivity contribution in [3.63, 3.8) is 0 Å². The molecule has 0 aliphatic carbocycles. The minimum Gasteiger partial charge on any atom is -0.384 e. The maximum absolute atomic E-state index is 13.1. The molecule has 0 atom stereocenters. The molecule has 1 heterocycles. The van der Waals surface area contributed by atoms with Gasteiger partial charge in [0.05, 0.1) is 0 Å². The van der Waals surface area contributed by atoms with Crippen molar-refractivity contribution in [1.29, 1.82) is 0 Å². The van der Waals surface area contributed by atoms with Crippen LogP contribution in [0.2, 0.25) is 0 Å². The summed E-state index contributed by atoms with van der Waals surface area (Å²) in [7, 11) is 0. The molecule has 1 fully saturated rings. The summed E-state index contributed by atoms with van der Waals surface area (Å²) in [4.78, 5) is 14.3. The zero-order chi connectivity index (χ0) is 17.6. The summed E-state index contributed by atoms with van der Waals surface area (Å²) < 4.78 is 25.9. The number of halogens is 2. The monoisotopic (exact) mass is 345 g/mol. The SMILES string of the molecule is O=C(CCNc1ccc(F)c(F)c1)Nc1ccc(N2CCCC2)cc1. The third-order valence-electron chi connectivity index (χ3n) is 4.22. The molecule has 0 bridgehead atoms. The number of hydrogen-bond donors (Lipinski definition) is 2. The lowest BCUT2D eigenvalue weighted by atomic mass is 10.2. The van der Waals surface area contributed by atoms with E-state index in [1.54, 1.807) is 0 Å². The number of nitrogens with one attached hydrogen (secondary N) is 2. The highest BCUT2D eigenvalue weighted by Crippen LogP contribution is 2.22. The van der Waals surface area contributed by atoms with Crippen LogP contribution >= 0.6 is 0 Å². The first kappa shape index (κ1) is 17.2. The molecule has 132 valence electrons. The van der Waals surface area contributed by atoms with E-state index in [4.69, 9.17) is 0 Å². The van der Waals surface area contributed by atoms with Crippen LogP contribution in [0, 0.1) is 11.6 Å². The summed E-state index contributed by atoms with van der Waals surface area (Å²) >= 11 is 0. The highest BCUT2D eigenvalue weighted by Gasteiger charge is 2.12. The van der Waals surface area contributed by atoms with Crippen LogP contribution in [-0.4, -0.2) is 25.5 Å². The van der Waals surface area contributed by atoms with Gasteiger partial charge in [-0.1, -0.05) is 0 Å². The van der Waals surface area contributed by atoms with E-state index in [1.165, 1.54) is 24.6 Å². The molecule has 2 N–H and O–H groups in total. The van der Waals surface area contributed by atoms with E-state index in [0.717, 1.165) is 30.9 Å². The number of carbonyl (C=O) groups excluding carboxylic acids is 1. The average molecular weight is 345 g/mol. The summed E-state index contributed by atoms with van der Waals surface area (Å²) in [5.41, 5.74) is 2.37. The van der Waals surface area contributed by atoms with Crippen LogP contribution in [0.5, 0.6) is 0 Å². The van der Waals surface area contributed by atoms with Crippen LogP contribution in [0.1, 0.15) is 19.3 Å². The Balaban J connectivity index is 1.44. The number of anilines is 3. The third kappa shape index (κ3) is 4.68. The van der Waals surface area contributed by atoms with Gasteiger partial charge in [-0.3, -0.25) is 4.79 Å². The van der Waals surface area contributed by atoms with Crippen molar-refractivity contribution >= 4 is 23.0 Å². The number of carbonyl (C=O) groups is 1. The van der Waals surface area contributed by atoms with Gasteiger partial charge < -0.3 is 15.5 Å². The van der Waals surface area contributed by atoms with Crippen LogP contribution in [-0.2, 0) is 4.79 Å². The lowest BCUT2D eigenvalue weighted by Gasteiger charge is -2.17. The number of rotatable bonds is 6. The number of benzene rings is 2. The average Bonchev–Trinajstić information content (AvgIpc) is 3.13. The second-order valence-corrected chi connectivity index (χ2v) is 6.09. The summed E-state index contributed by atoms with van der Waals surface area (Å²) in [6.07, 6.45) is 2.68. The minimum absolute atomic E-state index is 0.135. The van der Waals surface area contributed by atoms with Gasteiger partial charge in [-0.2, -0.15) is 0 Å². The minimum atomic E-state index is -0.910. The first-order chi connectivity index (χ1) is 12.1. The van der Waals surface area contributed by atoms with Gasteiger partial charge in [-0.25, -0.2) is 8.78 Å². The molecule has 1 aliphatic rings. The van der Waals surface area contributed by atoms with Crippen LogP contribution in [0.15, 0.2) is 42.5 Å². The van der Waals surface area contributed by atoms with Crippen molar-refractivity contribution in [2.45, 2.75) is 19.3 Å². The van der Waals surface area contributed by atoms with Gasteiger partial charge in [0.2, 0.25) is 5.91 Å². The van der Waals surface area contributed by atoms with E-state index in [2.05, 4.69) is 15.5 Å². The van der Waals surface area contributed by atoms with Gasteiger partial charge in [-0.15, -0.1) is 0 Å². The quantitative estimate of drug-likeness (QED) is 0.832. The predicted octanol–water partition coefficient (Wildman–Crippen LogP) is 4.01. The zero-order valence-corrected chi connectivity index (χ0v) is 13.9. The smallest absolute Gasteiger partial charge is 0.226 e. The molecular formula is C19H21F2N3O. The third-order valence-corrected chi connectivity index (χ3v) is 4.22. The fourth-order valence-electron chi connectivity index (χ4n) is 2.88. The van der Waals surface area contributed by atoms with Crippen LogP contribution in [0.25, 0.3) is 0 Å². The second-order valence-electron chi connectivity index (χ2n) is 6.09. The molecule has 0 unspecified atom stereocenters. The van der Waals surface area contributed by atoms with Crippen molar-refractivity contribution in [3.05, 3.63) is 54.1 Å². The maximum atomic E-state index is 13.1. The molecule has 2 aromatic rings. The lowest BCUT2D eigenvalue weighted by Crippen LogP contribution is -2.18. The number of amides is 1. The molecule has 0 radical (unpaired) electrons. The first-order valence-electron chi connectivity index (χ1n) is 8.45. The Bertz CT molecular complexity index is 728. The molecule has 25 heavy (non-hydrogen) atoms. The molecule has 0 aromatic heterocycles. The van der Waals surface area contributed by atoms with Gasteiger partial charge in [-0.05, 0) is 55.3 Å². The molecule has 1 saturated heterocycles. The topological polar surface area (TPSA) is 44.4 Å². The Morgan fingerprint density at radius 1 is 0.960 bits per heavy atom. The van der Waals surface area contributed by atoms with Crippen LogP contribution in [0.3, 0.4) is 0 Å². The summed E-state index contributed by atoms with van der Waals surface area (Å²) in [5, 5.41) is 5.74. The van der Waals surface area contributed by atoms with Crippen molar-refractivity contribution < 1.29 is 13.6 Å². The predicted molar refractivity (Wildman–Crippen MR) is 96.0 cm³/mol. The van der Waals surface area contributed by atoms with Crippen molar-refractivity contribution in [1.82, 2.24) is 0 Å². The highest BCUT2D eigenvalue weighted by molar-refractivity contribution is 5.91. The molecule has 4 nitrogen and oxygen atoms in total. The Morgan fingerprint density at radius 3 is 2.32 bits per heavy atom. The largest absolute Gasteiger partial charge is 0.384 e. The van der Waals surface area contributed by atoms with Gasteiger partial charge in [0.1, 0.15) is 0 Å². The number of nitrogens with zero attached hydrogens (tertiary/aromatic N) is 1. The molecule has 0 spiro atoms. The van der Waals surface area contributed by atoms with Crippen molar-refractivity contribution in [3.8, 4) is 0 Å². The van der Waals surface area contributed by atoms with E-state index >= 15 is 0 Å². The molecule has 1 amide bonds. The Labute approximate surface area is 145 Å². The second kappa shape index (κ2) is 7.96. The van der Waals surface area contributed by atoms with Crippen molar-refractivity contribution in [2.75, 3.05) is 35.2 Å². The van der Waals surface area contributed by atoms with E-state index in [9.17, 15) is 13.6 Å². The number of hydrogen-bond acceptors (Lipinski definition) is 3. The fraction of sp³-hybridized carbons (Fsp3) is 0.316. The summed E-state index contributed by atoms with van der Waals surface area (Å²) in [6, 6.07) is 11.4. The van der Waals surface area contributed by atoms with E-state index < -0.39 is 11.6 Å². The zero-order valence-electron chi connectivity index (χ0n) is 13.9. The van der Waals surface area contributed by atoms with E-state index in [-0.39, 0.29) is 12.3 Å². The molecule has 1 aliphatic heterocycles. The van der Waals surface area contributed by atoms with Crippen LogP contribution < -0.4 is 15.5 Å². The van der Waals surface area contributed by atoms with Gasteiger partial charge in [0.15, 0.2) is 11.6 Å². The van der Waals surface area contributed by atoms with Crippen LogP contribution in [0.4, 0.5) is 25.8 Å². The Morgan fingerprint density at radius 2 is 1.64 bits per heavy atom. The lowest BCUT2D eigenvalue weighted by molar-refractivity contribution is -0.115. The van der Waals surface area contributed by atoms with Crippen molar-refractivity contribution in [2.24, 2.45) is 0 Å². The maximum Gasteiger partial charge on any atom is 0.226 e. The molecule has 3 rings (SSSR count). The van der Waals surface area contributed by atoms with Gasteiger partial charge >= 0.3 is 0 Å². The summed E-state index contributed by atoms with van der Waals surface area (Å²) in [6.45, 7) is 2.51. The van der Waals surface area contributed by atoms with E-state index in [1.807, 2.05) is 24.3 Å². The molecule has 2 aromatic carbocycles. The molecule has 6 heteroatoms. The fourth-order valence-corrected chi connectivity index (χ4v) is 2.88.